The number of thioether (sulfide) groups is 1. The number of carbonyl (C=O) groups is 1. The standard InChI is InChI=1S/C25H28F2N6O3S/c1-36-21-3-2-16-18(26)8-19(27)17(22(16)33-21)11-28-14-4-6-25(13-34,7-5-14)30-10-15-9-29-24-23(31-15)32-20(35)12-37-24/h2-3,8-9,14,28,30,34H,4-7,10-13H2,1H3,(H,31,32,35). The number of halogens is 2. The lowest BCUT2D eigenvalue weighted by Gasteiger charge is -2.40. The van der Waals surface area contributed by atoms with Crippen molar-refractivity contribution in [1.82, 2.24) is 25.6 Å². The highest BCUT2D eigenvalue weighted by Gasteiger charge is 2.34. The van der Waals surface area contributed by atoms with E-state index in [0.717, 1.165) is 18.9 Å². The summed E-state index contributed by atoms with van der Waals surface area (Å²) in [6, 6.07) is 4.08. The van der Waals surface area contributed by atoms with E-state index in [9.17, 15) is 18.7 Å². The van der Waals surface area contributed by atoms with E-state index in [2.05, 4.69) is 30.9 Å². The predicted molar refractivity (Wildman–Crippen MR) is 135 cm³/mol. The van der Waals surface area contributed by atoms with E-state index in [-0.39, 0.29) is 36.0 Å². The number of aliphatic hydroxyl groups excluding tert-OH is 1. The number of rotatable bonds is 8. The van der Waals surface area contributed by atoms with Gasteiger partial charge in [-0.3, -0.25) is 4.79 Å². The van der Waals surface area contributed by atoms with Crippen LogP contribution < -0.4 is 20.7 Å². The predicted octanol–water partition coefficient (Wildman–Crippen LogP) is 2.91. The molecule has 3 heterocycles. The van der Waals surface area contributed by atoms with Crippen LogP contribution in [0.1, 0.15) is 36.9 Å². The number of fused-ring (bicyclic) bond motifs is 2. The summed E-state index contributed by atoms with van der Waals surface area (Å²) in [7, 11) is 1.46. The summed E-state index contributed by atoms with van der Waals surface area (Å²) >= 11 is 1.36. The zero-order chi connectivity index (χ0) is 26.0. The van der Waals surface area contributed by atoms with Gasteiger partial charge in [0.1, 0.15) is 16.7 Å². The Bertz CT molecular complexity index is 1320. The van der Waals surface area contributed by atoms with E-state index < -0.39 is 17.2 Å². The van der Waals surface area contributed by atoms with Gasteiger partial charge in [-0.05, 0) is 31.7 Å². The van der Waals surface area contributed by atoms with E-state index >= 15 is 0 Å². The molecule has 1 aromatic carbocycles. The molecule has 1 aliphatic heterocycles. The molecule has 0 unspecified atom stereocenters. The maximum Gasteiger partial charge on any atom is 0.236 e. The average Bonchev–Trinajstić information content (AvgIpc) is 2.92. The molecule has 1 saturated carbocycles. The van der Waals surface area contributed by atoms with Crippen molar-refractivity contribution in [2.45, 2.75) is 55.4 Å². The van der Waals surface area contributed by atoms with Crippen LogP contribution in [0, 0.1) is 11.6 Å². The third-order valence-corrected chi connectivity index (χ3v) is 7.99. The van der Waals surface area contributed by atoms with Gasteiger partial charge in [0, 0.05) is 47.8 Å². The van der Waals surface area contributed by atoms with Gasteiger partial charge >= 0.3 is 0 Å². The summed E-state index contributed by atoms with van der Waals surface area (Å²) in [6.07, 6.45) is 4.59. The molecule has 196 valence electrons. The zero-order valence-corrected chi connectivity index (χ0v) is 21.1. The number of anilines is 1. The van der Waals surface area contributed by atoms with Gasteiger partial charge in [-0.2, -0.15) is 0 Å². The molecule has 2 aliphatic rings. The Morgan fingerprint density at radius 2 is 2.03 bits per heavy atom. The van der Waals surface area contributed by atoms with Crippen molar-refractivity contribution in [2.24, 2.45) is 0 Å². The normalized spacial score (nSPS) is 21.5. The van der Waals surface area contributed by atoms with Crippen LogP contribution in [0.25, 0.3) is 10.9 Å². The molecule has 0 radical (unpaired) electrons. The van der Waals surface area contributed by atoms with E-state index in [1.807, 2.05) is 0 Å². The quantitative estimate of drug-likeness (QED) is 0.348. The Balaban J connectivity index is 1.20. The van der Waals surface area contributed by atoms with Gasteiger partial charge < -0.3 is 25.8 Å². The maximum absolute atomic E-state index is 14.7. The van der Waals surface area contributed by atoms with Crippen LogP contribution in [0.4, 0.5) is 14.6 Å². The fourth-order valence-corrected chi connectivity index (χ4v) is 5.51. The fourth-order valence-electron chi connectivity index (χ4n) is 4.81. The molecule has 4 N–H and O–H groups in total. The lowest BCUT2D eigenvalue weighted by molar-refractivity contribution is -0.113. The molecule has 1 aliphatic carbocycles. The minimum absolute atomic E-state index is 0.0361. The molecule has 0 bridgehead atoms. The number of nitrogens with zero attached hydrogens (tertiary/aromatic N) is 3. The van der Waals surface area contributed by atoms with Gasteiger partial charge in [0.25, 0.3) is 0 Å². The second kappa shape index (κ2) is 10.8. The molecule has 0 atom stereocenters. The third-order valence-electron chi connectivity index (χ3n) is 7.01. The first kappa shape index (κ1) is 25.7. The smallest absolute Gasteiger partial charge is 0.236 e. The Hall–Kier alpha value is -2.93. The Morgan fingerprint density at radius 3 is 2.78 bits per heavy atom. The van der Waals surface area contributed by atoms with Gasteiger partial charge in [0.05, 0.1) is 36.9 Å². The van der Waals surface area contributed by atoms with Gasteiger partial charge in [0.2, 0.25) is 11.8 Å². The second-order valence-electron chi connectivity index (χ2n) is 9.37. The Kier molecular flexibility index (Phi) is 7.52. The first-order chi connectivity index (χ1) is 17.9. The van der Waals surface area contributed by atoms with Crippen molar-refractivity contribution < 1.29 is 23.4 Å². The van der Waals surface area contributed by atoms with Gasteiger partial charge in [-0.15, -0.1) is 0 Å². The van der Waals surface area contributed by atoms with Crippen molar-refractivity contribution in [1.29, 1.82) is 0 Å². The summed E-state index contributed by atoms with van der Waals surface area (Å²) in [5.41, 5.74) is 0.739. The van der Waals surface area contributed by atoms with Crippen LogP contribution in [-0.2, 0) is 17.9 Å². The number of hydrogen-bond acceptors (Lipinski definition) is 9. The highest BCUT2D eigenvalue weighted by atomic mass is 32.2. The molecule has 0 saturated heterocycles. The van der Waals surface area contributed by atoms with Crippen LogP contribution in [0.5, 0.6) is 5.88 Å². The molecular weight excluding hydrogens is 502 g/mol. The summed E-state index contributed by atoms with van der Waals surface area (Å²) in [4.78, 5) is 24.8. The van der Waals surface area contributed by atoms with Crippen LogP contribution in [0.15, 0.2) is 29.4 Å². The van der Waals surface area contributed by atoms with Crippen molar-refractivity contribution in [3.63, 3.8) is 0 Å². The molecule has 3 aromatic rings. The van der Waals surface area contributed by atoms with Gasteiger partial charge in [-0.25, -0.2) is 23.7 Å². The molecule has 9 nitrogen and oxygen atoms in total. The third kappa shape index (κ3) is 5.52. The lowest BCUT2D eigenvalue weighted by atomic mass is 9.79. The lowest BCUT2D eigenvalue weighted by Crippen LogP contribution is -2.53. The fraction of sp³-hybridized carbons (Fsp3) is 0.440. The summed E-state index contributed by atoms with van der Waals surface area (Å²) in [6.45, 7) is 0.562. The Labute approximate surface area is 216 Å². The minimum Gasteiger partial charge on any atom is -0.481 e. The number of aromatic nitrogens is 3. The molecule has 37 heavy (non-hydrogen) atoms. The molecule has 2 aromatic heterocycles. The maximum atomic E-state index is 14.7. The topological polar surface area (TPSA) is 121 Å². The number of ether oxygens (including phenoxy) is 1. The minimum atomic E-state index is -0.660. The number of methoxy groups -OCH3 is 1. The first-order valence-corrected chi connectivity index (χ1v) is 13.1. The number of nitrogens with one attached hydrogen (secondary N) is 3. The highest BCUT2D eigenvalue weighted by Crippen LogP contribution is 2.31. The molecule has 5 rings (SSSR count). The number of benzene rings is 1. The number of hydrogen-bond donors (Lipinski definition) is 4. The van der Waals surface area contributed by atoms with Gasteiger partial charge in [0.15, 0.2) is 5.82 Å². The largest absolute Gasteiger partial charge is 0.481 e. The summed E-state index contributed by atoms with van der Waals surface area (Å²) in [5.74, 6) is -0.317. The van der Waals surface area contributed by atoms with Crippen molar-refractivity contribution in [3.8, 4) is 5.88 Å². The van der Waals surface area contributed by atoms with E-state index in [0.29, 0.717) is 53.1 Å². The van der Waals surface area contributed by atoms with E-state index in [4.69, 9.17) is 4.74 Å². The molecular formula is C25H28F2N6O3S. The first-order valence-electron chi connectivity index (χ1n) is 12.1. The van der Waals surface area contributed by atoms with Crippen LogP contribution in [-0.4, -0.2) is 57.0 Å². The number of pyridine rings is 1. The SMILES string of the molecule is COc1ccc2c(F)cc(F)c(CNC3CCC(CO)(NCc4cnc5c(n4)NC(=O)CS5)CC3)c2n1. The monoisotopic (exact) mass is 530 g/mol. The number of carbonyl (C=O) groups excluding carboxylic acids is 1. The highest BCUT2D eigenvalue weighted by molar-refractivity contribution is 8.00. The summed E-state index contributed by atoms with van der Waals surface area (Å²) in [5, 5.41) is 20.7. The van der Waals surface area contributed by atoms with Crippen molar-refractivity contribution in [2.75, 3.05) is 24.8 Å². The van der Waals surface area contributed by atoms with Gasteiger partial charge in [-0.1, -0.05) is 11.8 Å². The Morgan fingerprint density at radius 1 is 1.22 bits per heavy atom. The zero-order valence-electron chi connectivity index (χ0n) is 20.3. The summed E-state index contributed by atoms with van der Waals surface area (Å²) < 4.78 is 34.1. The second-order valence-corrected chi connectivity index (χ2v) is 10.3. The van der Waals surface area contributed by atoms with Crippen molar-refractivity contribution >= 4 is 34.4 Å². The van der Waals surface area contributed by atoms with Crippen LogP contribution in [0.3, 0.4) is 0 Å². The molecule has 1 fully saturated rings. The van der Waals surface area contributed by atoms with Crippen LogP contribution in [0.2, 0.25) is 0 Å². The molecule has 12 heteroatoms. The number of amides is 1. The van der Waals surface area contributed by atoms with E-state index in [1.165, 1.54) is 18.9 Å². The molecule has 1 amide bonds. The average molecular weight is 531 g/mol. The molecule has 0 spiro atoms. The van der Waals surface area contributed by atoms with Crippen molar-refractivity contribution in [3.05, 3.63) is 47.3 Å². The van der Waals surface area contributed by atoms with E-state index in [1.54, 1.807) is 18.3 Å². The number of aliphatic hydroxyl groups is 1. The van der Waals surface area contributed by atoms with Crippen LogP contribution >= 0.6 is 11.8 Å².